The van der Waals surface area contributed by atoms with Gasteiger partial charge in [-0.3, -0.25) is 9.59 Å². The standard InChI is InChI=1S/C14H13BN2O6S/c1-6-2-7(22-14-17-5-10(24-14)13(16)20)3-8-12(6)9(4-11(18)19)23-15(8)21/h2-3,5,9,21H,4H2,1H3,(H2,16,20)(H,18,19)/t9-/m1/s1. The van der Waals surface area contributed by atoms with Gasteiger partial charge in [-0.15, -0.1) is 0 Å². The third-order valence-corrected chi connectivity index (χ3v) is 4.46. The molecule has 1 aromatic heterocycles. The molecule has 3 rings (SSSR count). The van der Waals surface area contributed by atoms with Crippen molar-refractivity contribution in [1.82, 2.24) is 4.98 Å². The van der Waals surface area contributed by atoms with Gasteiger partial charge in [0.15, 0.2) is 0 Å². The van der Waals surface area contributed by atoms with E-state index in [1.54, 1.807) is 19.1 Å². The number of hydrogen-bond acceptors (Lipinski definition) is 7. The number of hydrogen-bond donors (Lipinski definition) is 3. The molecule has 1 amide bonds. The number of carboxylic acid groups (broad SMARTS) is 1. The van der Waals surface area contributed by atoms with E-state index in [-0.39, 0.29) is 16.5 Å². The summed E-state index contributed by atoms with van der Waals surface area (Å²) in [5.74, 6) is -1.20. The number of primary amides is 1. The van der Waals surface area contributed by atoms with Gasteiger partial charge < -0.3 is 25.3 Å². The second kappa shape index (κ2) is 6.23. The van der Waals surface area contributed by atoms with Gasteiger partial charge in [0.25, 0.3) is 11.1 Å². The molecule has 0 saturated carbocycles. The highest BCUT2D eigenvalue weighted by Crippen LogP contribution is 2.33. The maximum atomic E-state index is 11.1. The van der Waals surface area contributed by atoms with Crippen molar-refractivity contribution in [2.45, 2.75) is 19.4 Å². The van der Waals surface area contributed by atoms with E-state index in [1.165, 1.54) is 6.20 Å². The zero-order valence-electron chi connectivity index (χ0n) is 12.6. The van der Waals surface area contributed by atoms with Gasteiger partial charge >= 0.3 is 13.1 Å². The molecule has 8 nitrogen and oxygen atoms in total. The number of ether oxygens (including phenoxy) is 1. The van der Waals surface area contributed by atoms with Crippen molar-refractivity contribution in [3.8, 4) is 10.9 Å². The fraction of sp³-hybridized carbons (Fsp3) is 0.214. The van der Waals surface area contributed by atoms with Gasteiger partial charge in [0, 0.05) is 0 Å². The summed E-state index contributed by atoms with van der Waals surface area (Å²) in [6.45, 7) is 1.78. The summed E-state index contributed by atoms with van der Waals surface area (Å²) >= 11 is 1.01. The fourth-order valence-electron chi connectivity index (χ4n) is 2.62. The van der Waals surface area contributed by atoms with Gasteiger partial charge in [0.05, 0.1) is 18.7 Å². The lowest BCUT2D eigenvalue weighted by Crippen LogP contribution is -2.28. The minimum atomic E-state index is -1.22. The van der Waals surface area contributed by atoms with Gasteiger partial charge in [-0.25, -0.2) is 4.98 Å². The van der Waals surface area contributed by atoms with Crippen LogP contribution in [0.1, 0.15) is 33.3 Å². The molecular formula is C14H13BN2O6S. The molecule has 0 aliphatic carbocycles. The summed E-state index contributed by atoms with van der Waals surface area (Å²) in [4.78, 5) is 26.2. The minimum Gasteiger partial charge on any atom is -0.481 e. The van der Waals surface area contributed by atoms with E-state index in [2.05, 4.69) is 4.98 Å². The molecule has 1 atom stereocenters. The number of benzene rings is 1. The molecule has 0 radical (unpaired) electrons. The second-order valence-corrected chi connectivity index (χ2v) is 6.27. The highest BCUT2D eigenvalue weighted by atomic mass is 32.1. The monoisotopic (exact) mass is 348 g/mol. The minimum absolute atomic E-state index is 0.235. The highest BCUT2D eigenvalue weighted by Gasteiger charge is 2.38. The van der Waals surface area contributed by atoms with Crippen molar-refractivity contribution in [2.75, 3.05) is 0 Å². The molecule has 0 fully saturated rings. The third kappa shape index (κ3) is 3.11. The average Bonchev–Trinajstić information content (AvgIpc) is 3.05. The topological polar surface area (TPSA) is 132 Å². The van der Waals surface area contributed by atoms with Crippen molar-refractivity contribution in [3.63, 3.8) is 0 Å². The number of aliphatic carboxylic acids is 1. The van der Waals surface area contributed by atoms with E-state index in [0.717, 1.165) is 16.9 Å². The smallest absolute Gasteiger partial charge is 0.481 e. The Morgan fingerprint density at radius 1 is 1.50 bits per heavy atom. The molecule has 1 aromatic carbocycles. The summed E-state index contributed by atoms with van der Waals surface area (Å²) in [6, 6.07) is 3.26. The first kappa shape index (κ1) is 16.4. The molecule has 4 N–H and O–H groups in total. The van der Waals surface area contributed by atoms with E-state index < -0.39 is 25.1 Å². The van der Waals surface area contributed by atoms with Crippen molar-refractivity contribution in [2.24, 2.45) is 5.73 Å². The number of nitrogens with two attached hydrogens (primary N) is 1. The van der Waals surface area contributed by atoms with Crippen molar-refractivity contribution in [1.29, 1.82) is 0 Å². The number of amides is 1. The molecule has 0 spiro atoms. The van der Waals surface area contributed by atoms with Crippen LogP contribution in [0.15, 0.2) is 18.3 Å². The second-order valence-electron chi connectivity index (χ2n) is 5.27. The molecule has 10 heteroatoms. The number of fused-ring (bicyclic) bond motifs is 1. The molecule has 1 aliphatic heterocycles. The summed E-state index contributed by atoms with van der Waals surface area (Å²) in [5, 5.41) is 19.2. The van der Waals surface area contributed by atoms with Gasteiger partial charge in [0.2, 0.25) is 0 Å². The third-order valence-electron chi connectivity index (χ3n) is 3.57. The number of carbonyl (C=O) groups excluding carboxylic acids is 1. The molecule has 2 heterocycles. The largest absolute Gasteiger partial charge is 0.492 e. The maximum absolute atomic E-state index is 11.1. The Balaban J connectivity index is 1.89. The number of rotatable bonds is 5. The maximum Gasteiger partial charge on any atom is 0.492 e. The number of thiazole rings is 1. The predicted molar refractivity (Wildman–Crippen MR) is 85.6 cm³/mol. The Bertz CT molecular complexity index is 824. The van der Waals surface area contributed by atoms with E-state index in [4.69, 9.17) is 20.2 Å². The summed E-state index contributed by atoms with van der Waals surface area (Å²) in [5.41, 5.74) is 7.01. The predicted octanol–water partition coefficient (Wildman–Crippen LogP) is 0.576. The molecule has 24 heavy (non-hydrogen) atoms. The van der Waals surface area contributed by atoms with Crippen LogP contribution in [0, 0.1) is 6.92 Å². The van der Waals surface area contributed by atoms with Crippen LogP contribution >= 0.6 is 11.3 Å². The van der Waals surface area contributed by atoms with Crippen LogP contribution in [-0.4, -0.2) is 34.1 Å². The van der Waals surface area contributed by atoms with Crippen LogP contribution in [0.25, 0.3) is 0 Å². The van der Waals surface area contributed by atoms with Gasteiger partial charge in [-0.1, -0.05) is 11.3 Å². The number of nitrogens with zero attached hydrogens (tertiary/aromatic N) is 1. The Morgan fingerprint density at radius 2 is 2.25 bits per heavy atom. The van der Waals surface area contributed by atoms with Crippen LogP contribution in [0.3, 0.4) is 0 Å². The Labute approximate surface area is 141 Å². The molecule has 0 saturated heterocycles. The Hall–Kier alpha value is -2.43. The lowest BCUT2D eigenvalue weighted by atomic mass is 9.77. The molecule has 1 aliphatic rings. The van der Waals surface area contributed by atoms with Gasteiger partial charge in [-0.05, 0) is 35.6 Å². The van der Waals surface area contributed by atoms with Crippen LogP contribution in [-0.2, 0) is 9.45 Å². The first-order valence-corrected chi connectivity index (χ1v) is 7.80. The fourth-order valence-corrected chi connectivity index (χ4v) is 3.26. The molecule has 2 aromatic rings. The zero-order valence-corrected chi connectivity index (χ0v) is 13.4. The van der Waals surface area contributed by atoms with E-state index in [9.17, 15) is 14.6 Å². The van der Waals surface area contributed by atoms with Crippen molar-refractivity contribution in [3.05, 3.63) is 34.3 Å². The summed E-state index contributed by atoms with van der Waals surface area (Å²) in [7, 11) is -1.22. The Kier molecular flexibility index (Phi) is 4.27. The number of aryl methyl sites for hydroxylation is 1. The van der Waals surface area contributed by atoms with Crippen LogP contribution < -0.4 is 15.9 Å². The van der Waals surface area contributed by atoms with Gasteiger partial charge in [0.1, 0.15) is 10.6 Å². The van der Waals surface area contributed by atoms with Crippen molar-refractivity contribution >= 4 is 35.8 Å². The first-order valence-electron chi connectivity index (χ1n) is 6.98. The van der Waals surface area contributed by atoms with E-state index in [0.29, 0.717) is 16.8 Å². The number of carboxylic acids is 1. The highest BCUT2D eigenvalue weighted by molar-refractivity contribution is 7.15. The van der Waals surface area contributed by atoms with Crippen LogP contribution in [0.5, 0.6) is 10.9 Å². The molecule has 124 valence electrons. The average molecular weight is 348 g/mol. The first-order chi connectivity index (χ1) is 11.3. The summed E-state index contributed by atoms with van der Waals surface area (Å²) in [6.07, 6.45) is 0.381. The zero-order chi connectivity index (χ0) is 17.4. The van der Waals surface area contributed by atoms with Crippen molar-refractivity contribution < 1.29 is 29.1 Å². The lowest BCUT2D eigenvalue weighted by molar-refractivity contribution is -0.138. The van der Waals surface area contributed by atoms with Gasteiger partial charge in [-0.2, -0.15) is 0 Å². The lowest BCUT2D eigenvalue weighted by Gasteiger charge is -2.13. The summed E-state index contributed by atoms with van der Waals surface area (Å²) < 4.78 is 10.9. The molecule has 0 unspecified atom stereocenters. The SMILES string of the molecule is Cc1cc(Oc2ncc(C(N)=O)s2)cc2c1[C@@H](CC(=O)O)OB2O. The Morgan fingerprint density at radius 3 is 2.88 bits per heavy atom. The van der Waals surface area contributed by atoms with E-state index >= 15 is 0 Å². The number of aromatic nitrogens is 1. The van der Waals surface area contributed by atoms with Crippen LogP contribution in [0.4, 0.5) is 0 Å². The quantitative estimate of drug-likeness (QED) is 0.673. The molecule has 0 bridgehead atoms. The van der Waals surface area contributed by atoms with Crippen LogP contribution in [0.2, 0.25) is 0 Å². The molecular weight excluding hydrogens is 335 g/mol. The normalized spacial score (nSPS) is 16.1. The number of carbonyl (C=O) groups is 2. The van der Waals surface area contributed by atoms with E-state index in [1.807, 2.05) is 0 Å².